The molecule has 24 heavy (non-hydrogen) atoms. The number of carbonyl (C=O) groups excluding carboxylic acids is 1. The maximum Gasteiger partial charge on any atom is 0.322 e. The summed E-state index contributed by atoms with van der Waals surface area (Å²) < 4.78 is 3.92. The standard InChI is InChI=1S/C15H16N8O/c24-15-16-4-6-21(15)11-7-17-23(10-11)12-8-20(9-12)14-19-18-13-3-1-2-5-22(13)14/h1-3,5,7,10,12H,4,6,8-9H2,(H,16,24). The third-order valence-corrected chi connectivity index (χ3v) is 4.57. The molecule has 0 aliphatic carbocycles. The molecular formula is C15H16N8O. The normalized spacial score (nSPS) is 18.2. The predicted molar refractivity (Wildman–Crippen MR) is 87.2 cm³/mol. The van der Waals surface area contributed by atoms with Gasteiger partial charge in [0, 0.05) is 38.6 Å². The van der Waals surface area contributed by atoms with Gasteiger partial charge in [0.1, 0.15) is 0 Å². The number of carbonyl (C=O) groups is 1. The van der Waals surface area contributed by atoms with Crippen molar-refractivity contribution in [2.75, 3.05) is 36.0 Å². The lowest BCUT2D eigenvalue weighted by Gasteiger charge is -2.39. The maximum absolute atomic E-state index is 11.7. The molecule has 2 saturated heterocycles. The van der Waals surface area contributed by atoms with Gasteiger partial charge in [-0.25, -0.2) is 4.79 Å². The van der Waals surface area contributed by atoms with Crippen LogP contribution >= 0.6 is 0 Å². The fraction of sp³-hybridized carbons (Fsp3) is 0.333. The van der Waals surface area contributed by atoms with E-state index in [2.05, 4.69) is 25.5 Å². The lowest BCUT2D eigenvalue weighted by molar-refractivity contribution is 0.252. The van der Waals surface area contributed by atoms with Gasteiger partial charge in [-0.1, -0.05) is 6.07 Å². The van der Waals surface area contributed by atoms with Gasteiger partial charge in [-0.15, -0.1) is 10.2 Å². The quantitative estimate of drug-likeness (QED) is 0.759. The Morgan fingerprint density at radius 1 is 1.21 bits per heavy atom. The second kappa shape index (κ2) is 4.95. The number of pyridine rings is 1. The molecule has 9 heteroatoms. The van der Waals surface area contributed by atoms with Gasteiger partial charge < -0.3 is 10.2 Å². The Morgan fingerprint density at radius 3 is 2.96 bits per heavy atom. The Morgan fingerprint density at radius 2 is 2.12 bits per heavy atom. The molecular weight excluding hydrogens is 308 g/mol. The fourth-order valence-electron chi connectivity index (χ4n) is 3.22. The number of hydrogen-bond donors (Lipinski definition) is 1. The number of rotatable bonds is 3. The third kappa shape index (κ3) is 1.94. The molecule has 2 aliphatic rings. The van der Waals surface area contributed by atoms with Crippen LogP contribution in [-0.4, -0.2) is 56.6 Å². The summed E-state index contributed by atoms with van der Waals surface area (Å²) in [6.45, 7) is 3.01. The lowest BCUT2D eigenvalue weighted by atomic mass is 10.1. The molecule has 0 aromatic carbocycles. The topological polar surface area (TPSA) is 83.6 Å². The van der Waals surface area contributed by atoms with Crippen LogP contribution in [0.5, 0.6) is 0 Å². The Balaban J connectivity index is 1.31. The van der Waals surface area contributed by atoms with Gasteiger partial charge >= 0.3 is 6.03 Å². The first-order valence-electron chi connectivity index (χ1n) is 7.94. The summed E-state index contributed by atoms with van der Waals surface area (Å²) in [6, 6.07) is 6.08. The zero-order valence-corrected chi connectivity index (χ0v) is 12.9. The van der Waals surface area contributed by atoms with Gasteiger partial charge in [0.05, 0.1) is 17.9 Å². The zero-order chi connectivity index (χ0) is 16.1. The van der Waals surface area contributed by atoms with Crippen molar-refractivity contribution in [2.45, 2.75) is 6.04 Å². The van der Waals surface area contributed by atoms with Crippen molar-refractivity contribution in [3.8, 4) is 0 Å². The van der Waals surface area contributed by atoms with E-state index >= 15 is 0 Å². The summed E-state index contributed by atoms with van der Waals surface area (Å²) in [7, 11) is 0. The lowest BCUT2D eigenvalue weighted by Crippen LogP contribution is -2.48. The second-order valence-electron chi connectivity index (χ2n) is 6.05. The monoisotopic (exact) mass is 324 g/mol. The summed E-state index contributed by atoms with van der Waals surface area (Å²) in [6.07, 6.45) is 5.66. The van der Waals surface area contributed by atoms with Crippen LogP contribution in [0, 0.1) is 0 Å². The van der Waals surface area contributed by atoms with E-state index in [0.29, 0.717) is 13.1 Å². The number of nitrogens with zero attached hydrogens (tertiary/aromatic N) is 7. The molecule has 2 fully saturated rings. The molecule has 2 aliphatic heterocycles. The molecule has 0 spiro atoms. The van der Waals surface area contributed by atoms with Crippen LogP contribution < -0.4 is 15.1 Å². The number of hydrogen-bond acceptors (Lipinski definition) is 5. The van der Waals surface area contributed by atoms with E-state index in [1.807, 2.05) is 39.7 Å². The van der Waals surface area contributed by atoms with Gasteiger partial charge in [-0.2, -0.15) is 5.10 Å². The molecule has 0 atom stereocenters. The highest BCUT2D eigenvalue weighted by atomic mass is 16.2. The number of amides is 2. The van der Waals surface area contributed by atoms with Crippen LogP contribution in [0.3, 0.4) is 0 Å². The third-order valence-electron chi connectivity index (χ3n) is 4.57. The van der Waals surface area contributed by atoms with Crippen LogP contribution in [0.15, 0.2) is 36.8 Å². The highest BCUT2D eigenvalue weighted by Gasteiger charge is 2.32. The van der Waals surface area contributed by atoms with Crippen molar-refractivity contribution in [1.82, 2.24) is 29.7 Å². The van der Waals surface area contributed by atoms with Crippen LogP contribution in [0.25, 0.3) is 5.65 Å². The van der Waals surface area contributed by atoms with Crippen molar-refractivity contribution in [3.63, 3.8) is 0 Å². The largest absolute Gasteiger partial charge is 0.336 e. The molecule has 0 bridgehead atoms. The Hall–Kier alpha value is -3.10. The van der Waals surface area contributed by atoms with Crippen molar-refractivity contribution >= 4 is 23.3 Å². The van der Waals surface area contributed by atoms with E-state index < -0.39 is 0 Å². The minimum atomic E-state index is -0.0558. The smallest absolute Gasteiger partial charge is 0.322 e. The van der Waals surface area contributed by atoms with E-state index in [0.717, 1.165) is 30.4 Å². The molecule has 0 unspecified atom stereocenters. The average molecular weight is 324 g/mol. The van der Waals surface area contributed by atoms with Crippen LogP contribution in [-0.2, 0) is 0 Å². The SMILES string of the molecule is O=C1NCCN1c1cnn(C2CN(c3nnc4ccccn34)C2)c1. The molecule has 5 heterocycles. The van der Waals surface area contributed by atoms with Crippen LogP contribution in [0.1, 0.15) is 6.04 Å². The Labute approximate surface area is 137 Å². The zero-order valence-electron chi connectivity index (χ0n) is 12.9. The maximum atomic E-state index is 11.7. The molecule has 5 rings (SSSR count). The van der Waals surface area contributed by atoms with Crippen molar-refractivity contribution in [3.05, 3.63) is 36.8 Å². The summed E-state index contributed by atoms with van der Waals surface area (Å²) in [5.74, 6) is 0.855. The summed E-state index contributed by atoms with van der Waals surface area (Å²) in [5, 5.41) is 15.7. The number of nitrogens with one attached hydrogen (secondary N) is 1. The van der Waals surface area contributed by atoms with Gasteiger partial charge in [0.2, 0.25) is 5.95 Å². The number of anilines is 2. The van der Waals surface area contributed by atoms with Crippen molar-refractivity contribution in [1.29, 1.82) is 0 Å². The van der Waals surface area contributed by atoms with E-state index in [1.54, 1.807) is 11.1 Å². The van der Waals surface area contributed by atoms with Crippen LogP contribution in [0.2, 0.25) is 0 Å². The van der Waals surface area contributed by atoms with E-state index in [-0.39, 0.29) is 12.1 Å². The second-order valence-corrected chi connectivity index (χ2v) is 6.05. The number of aromatic nitrogens is 5. The Kier molecular flexibility index (Phi) is 2.75. The van der Waals surface area contributed by atoms with Crippen molar-refractivity contribution in [2.24, 2.45) is 0 Å². The first-order valence-corrected chi connectivity index (χ1v) is 7.94. The first-order chi connectivity index (χ1) is 11.8. The molecule has 0 saturated carbocycles. The highest BCUT2D eigenvalue weighted by Crippen LogP contribution is 2.28. The van der Waals surface area contributed by atoms with Gasteiger partial charge in [0.15, 0.2) is 5.65 Å². The molecule has 2 amide bonds. The number of urea groups is 1. The molecule has 3 aromatic rings. The van der Waals surface area contributed by atoms with E-state index in [4.69, 9.17) is 0 Å². The van der Waals surface area contributed by atoms with Gasteiger partial charge in [-0.05, 0) is 12.1 Å². The minimum absolute atomic E-state index is 0.0558. The van der Waals surface area contributed by atoms with Gasteiger partial charge in [0.25, 0.3) is 0 Å². The molecule has 0 radical (unpaired) electrons. The van der Waals surface area contributed by atoms with Crippen LogP contribution in [0.4, 0.5) is 16.4 Å². The summed E-state index contributed by atoms with van der Waals surface area (Å²) >= 11 is 0. The van der Waals surface area contributed by atoms with E-state index in [1.165, 1.54) is 0 Å². The average Bonchev–Trinajstić information content (AvgIpc) is 3.26. The molecule has 9 nitrogen and oxygen atoms in total. The predicted octanol–water partition coefficient (Wildman–Crippen LogP) is 0.517. The molecule has 3 aromatic heterocycles. The highest BCUT2D eigenvalue weighted by molar-refractivity contribution is 5.93. The number of fused-ring (bicyclic) bond motifs is 1. The van der Waals surface area contributed by atoms with Crippen molar-refractivity contribution < 1.29 is 4.79 Å². The summed E-state index contributed by atoms with van der Waals surface area (Å²) in [4.78, 5) is 15.6. The first kappa shape index (κ1) is 13.3. The Bertz CT molecular complexity index is 909. The molecule has 122 valence electrons. The minimum Gasteiger partial charge on any atom is -0.336 e. The molecule has 1 N–H and O–H groups in total. The fourth-order valence-corrected chi connectivity index (χ4v) is 3.22. The van der Waals surface area contributed by atoms with Gasteiger partial charge in [-0.3, -0.25) is 14.0 Å². The van der Waals surface area contributed by atoms with E-state index in [9.17, 15) is 4.79 Å². The summed E-state index contributed by atoms with van der Waals surface area (Å²) in [5.41, 5.74) is 1.69.